The van der Waals surface area contributed by atoms with Gasteiger partial charge in [-0.25, -0.2) is 4.39 Å². The van der Waals surface area contributed by atoms with Crippen LogP contribution in [0.2, 0.25) is 5.82 Å². The summed E-state index contributed by atoms with van der Waals surface area (Å²) < 4.78 is 13.4. The first kappa shape index (κ1) is 12.1. The Morgan fingerprint density at radius 1 is 1.41 bits per heavy atom. The SMILES string of the molecule is O=C(c1ccccc1F)N1CCC(B(O)O)C1. The van der Waals surface area contributed by atoms with E-state index in [4.69, 9.17) is 10.0 Å². The molecular formula is C11H13BFNO3. The number of amides is 1. The van der Waals surface area contributed by atoms with Crippen molar-refractivity contribution in [1.82, 2.24) is 4.90 Å². The van der Waals surface area contributed by atoms with Gasteiger partial charge >= 0.3 is 7.12 Å². The monoisotopic (exact) mass is 237 g/mol. The number of hydrogen-bond acceptors (Lipinski definition) is 3. The maximum Gasteiger partial charge on any atom is 0.456 e. The number of rotatable bonds is 2. The first-order valence-electron chi connectivity index (χ1n) is 5.49. The summed E-state index contributed by atoms with van der Waals surface area (Å²) in [4.78, 5) is 13.4. The number of likely N-dealkylation sites (tertiary alicyclic amines) is 1. The molecule has 1 aliphatic rings. The lowest BCUT2D eigenvalue weighted by Gasteiger charge is -2.16. The Morgan fingerprint density at radius 3 is 2.71 bits per heavy atom. The average molecular weight is 237 g/mol. The molecule has 17 heavy (non-hydrogen) atoms. The molecule has 0 saturated carbocycles. The fraction of sp³-hybridized carbons (Fsp3) is 0.364. The summed E-state index contributed by atoms with van der Waals surface area (Å²) in [5.41, 5.74) is 0.0283. The summed E-state index contributed by atoms with van der Waals surface area (Å²) in [7, 11) is -1.42. The van der Waals surface area contributed by atoms with Gasteiger partial charge in [0.2, 0.25) is 0 Å². The molecule has 1 heterocycles. The Balaban J connectivity index is 2.10. The largest absolute Gasteiger partial charge is 0.456 e. The van der Waals surface area contributed by atoms with Gasteiger partial charge in [0.25, 0.3) is 5.91 Å². The Hall–Kier alpha value is -1.40. The molecule has 90 valence electrons. The van der Waals surface area contributed by atoms with E-state index < -0.39 is 18.8 Å². The van der Waals surface area contributed by atoms with E-state index in [-0.39, 0.29) is 17.9 Å². The highest BCUT2D eigenvalue weighted by Gasteiger charge is 2.34. The van der Waals surface area contributed by atoms with Crippen molar-refractivity contribution in [3.63, 3.8) is 0 Å². The van der Waals surface area contributed by atoms with E-state index in [2.05, 4.69) is 0 Å². The van der Waals surface area contributed by atoms with Crippen LogP contribution < -0.4 is 0 Å². The van der Waals surface area contributed by atoms with Gasteiger partial charge in [-0.2, -0.15) is 0 Å². The highest BCUT2D eigenvalue weighted by Crippen LogP contribution is 2.24. The Kier molecular flexibility index (Phi) is 3.45. The first-order chi connectivity index (χ1) is 8.09. The minimum atomic E-state index is -1.42. The van der Waals surface area contributed by atoms with E-state index in [1.54, 1.807) is 6.07 Å². The molecular weight excluding hydrogens is 224 g/mol. The Morgan fingerprint density at radius 2 is 2.12 bits per heavy atom. The Bertz CT molecular complexity index is 427. The van der Waals surface area contributed by atoms with Crippen molar-refractivity contribution in [2.45, 2.75) is 12.2 Å². The number of nitrogens with zero attached hydrogens (tertiary/aromatic N) is 1. The third-order valence-electron chi connectivity index (χ3n) is 3.04. The quantitative estimate of drug-likeness (QED) is 0.737. The van der Waals surface area contributed by atoms with Crippen LogP contribution in [-0.4, -0.2) is 41.1 Å². The van der Waals surface area contributed by atoms with Crippen LogP contribution in [0.1, 0.15) is 16.8 Å². The molecule has 1 aromatic carbocycles. The van der Waals surface area contributed by atoms with Gasteiger partial charge < -0.3 is 14.9 Å². The predicted octanol–water partition coefficient (Wildman–Crippen LogP) is 0.515. The van der Waals surface area contributed by atoms with Gasteiger partial charge in [0.1, 0.15) is 5.82 Å². The van der Waals surface area contributed by atoms with Crippen LogP contribution >= 0.6 is 0 Å². The predicted molar refractivity (Wildman–Crippen MR) is 60.9 cm³/mol. The molecule has 1 aromatic rings. The molecule has 6 heteroatoms. The summed E-state index contributed by atoms with van der Waals surface area (Å²) in [6.45, 7) is 0.681. The molecule has 2 rings (SSSR count). The van der Waals surface area contributed by atoms with Gasteiger partial charge in [-0.05, 0) is 18.6 Å². The first-order valence-corrected chi connectivity index (χ1v) is 5.49. The number of carbonyl (C=O) groups excluding carboxylic acids is 1. The highest BCUT2D eigenvalue weighted by molar-refractivity contribution is 6.43. The third-order valence-corrected chi connectivity index (χ3v) is 3.04. The molecule has 4 nitrogen and oxygen atoms in total. The van der Waals surface area contributed by atoms with Crippen LogP contribution in [0.3, 0.4) is 0 Å². The molecule has 2 N–H and O–H groups in total. The molecule has 1 saturated heterocycles. The maximum absolute atomic E-state index is 13.4. The summed E-state index contributed by atoms with van der Waals surface area (Å²) >= 11 is 0. The second kappa shape index (κ2) is 4.85. The number of hydrogen-bond donors (Lipinski definition) is 2. The molecule has 0 bridgehead atoms. The van der Waals surface area contributed by atoms with Gasteiger partial charge in [0, 0.05) is 18.9 Å². The van der Waals surface area contributed by atoms with Gasteiger partial charge in [0.05, 0.1) is 5.56 Å². The second-order valence-electron chi connectivity index (χ2n) is 4.19. The van der Waals surface area contributed by atoms with Crippen molar-refractivity contribution in [1.29, 1.82) is 0 Å². The van der Waals surface area contributed by atoms with Crippen molar-refractivity contribution in [3.8, 4) is 0 Å². The molecule has 0 radical (unpaired) electrons. The summed E-state index contributed by atoms with van der Waals surface area (Å²) in [6, 6.07) is 5.79. The van der Waals surface area contributed by atoms with Gasteiger partial charge in [0.15, 0.2) is 0 Å². The second-order valence-corrected chi connectivity index (χ2v) is 4.19. The lowest BCUT2D eigenvalue weighted by atomic mass is 9.72. The fourth-order valence-electron chi connectivity index (χ4n) is 2.02. The molecule has 1 fully saturated rings. The number of carbonyl (C=O) groups is 1. The van der Waals surface area contributed by atoms with E-state index in [1.165, 1.54) is 23.1 Å². The van der Waals surface area contributed by atoms with E-state index in [0.29, 0.717) is 13.0 Å². The highest BCUT2D eigenvalue weighted by atomic mass is 19.1. The zero-order valence-corrected chi connectivity index (χ0v) is 9.21. The van der Waals surface area contributed by atoms with Crippen molar-refractivity contribution < 1.29 is 19.2 Å². The smallest absolute Gasteiger partial charge is 0.427 e. The number of halogens is 1. The van der Waals surface area contributed by atoms with E-state index in [1.807, 2.05) is 0 Å². The molecule has 0 aliphatic carbocycles. The summed E-state index contributed by atoms with van der Waals surface area (Å²) in [5, 5.41) is 18.0. The average Bonchev–Trinajstić information content (AvgIpc) is 2.78. The molecule has 1 aliphatic heterocycles. The van der Waals surface area contributed by atoms with Crippen LogP contribution in [0, 0.1) is 5.82 Å². The Labute approximate surface area is 98.8 Å². The van der Waals surface area contributed by atoms with Crippen LogP contribution in [0.25, 0.3) is 0 Å². The van der Waals surface area contributed by atoms with Gasteiger partial charge in [-0.1, -0.05) is 12.1 Å². The molecule has 1 atom stereocenters. The zero-order chi connectivity index (χ0) is 12.4. The maximum atomic E-state index is 13.4. The minimum Gasteiger partial charge on any atom is -0.427 e. The van der Waals surface area contributed by atoms with Gasteiger partial charge in [-0.3, -0.25) is 4.79 Å². The lowest BCUT2D eigenvalue weighted by Crippen LogP contribution is -2.31. The van der Waals surface area contributed by atoms with E-state index in [0.717, 1.165) is 0 Å². The van der Waals surface area contributed by atoms with Crippen molar-refractivity contribution in [3.05, 3.63) is 35.6 Å². The van der Waals surface area contributed by atoms with Crippen molar-refractivity contribution in [2.75, 3.05) is 13.1 Å². The topological polar surface area (TPSA) is 60.8 Å². The van der Waals surface area contributed by atoms with E-state index in [9.17, 15) is 9.18 Å². The zero-order valence-electron chi connectivity index (χ0n) is 9.21. The fourth-order valence-corrected chi connectivity index (χ4v) is 2.02. The molecule has 1 unspecified atom stereocenters. The standard InChI is InChI=1S/C11H13BFNO3/c13-10-4-2-1-3-9(10)11(15)14-6-5-8(7-14)12(16)17/h1-4,8,16-17H,5-7H2. The number of benzene rings is 1. The van der Waals surface area contributed by atoms with Gasteiger partial charge in [-0.15, -0.1) is 0 Å². The van der Waals surface area contributed by atoms with Crippen molar-refractivity contribution in [2.24, 2.45) is 0 Å². The van der Waals surface area contributed by atoms with Crippen LogP contribution in [-0.2, 0) is 0 Å². The van der Waals surface area contributed by atoms with Crippen LogP contribution in [0.15, 0.2) is 24.3 Å². The lowest BCUT2D eigenvalue weighted by molar-refractivity contribution is 0.0787. The molecule has 0 aromatic heterocycles. The van der Waals surface area contributed by atoms with Crippen LogP contribution in [0.5, 0.6) is 0 Å². The van der Waals surface area contributed by atoms with E-state index >= 15 is 0 Å². The third kappa shape index (κ3) is 2.48. The summed E-state index contributed by atoms with van der Waals surface area (Å²) in [6.07, 6.45) is 0.526. The normalized spacial score (nSPS) is 19.5. The molecule has 0 spiro atoms. The minimum absolute atomic E-state index is 0.0283. The summed E-state index contributed by atoms with van der Waals surface area (Å²) in [5.74, 6) is -1.29. The molecule has 1 amide bonds. The van der Waals surface area contributed by atoms with Crippen molar-refractivity contribution >= 4 is 13.0 Å². The van der Waals surface area contributed by atoms with Crippen LogP contribution in [0.4, 0.5) is 4.39 Å².